The van der Waals surface area contributed by atoms with Gasteiger partial charge in [0, 0.05) is 19.5 Å². The van der Waals surface area contributed by atoms with Gasteiger partial charge >= 0.3 is 0 Å². The fourth-order valence-corrected chi connectivity index (χ4v) is 2.60. The second-order valence-corrected chi connectivity index (χ2v) is 4.56. The van der Waals surface area contributed by atoms with Crippen molar-refractivity contribution in [1.82, 2.24) is 14.9 Å². The molecule has 0 saturated carbocycles. The predicted octanol–water partition coefficient (Wildman–Crippen LogP) is 2.46. The Bertz CT molecular complexity index is 500. The third-order valence-corrected chi connectivity index (χ3v) is 3.48. The van der Waals surface area contributed by atoms with Crippen molar-refractivity contribution in [2.75, 3.05) is 13.1 Å². The zero-order chi connectivity index (χ0) is 11.0. The van der Waals surface area contributed by atoms with Gasteiger partial charge in [-0.25, -0.2) is 4.98 Å². The summed E-state index contributed by atoms with van der Waals surface area (Å²) >= 11 is 0. The first-order valence-corrected chi connectivity index (χ1v) is 5.98. The van der Waals surface area contributed by atoms with E-state index in [1.807, 2.05) is 0 Å². The van der Waals surface area contributed by atoms with Crippen LogP contribution in [0.1, 0.15) is 24.6 Å². The molecule has 1 fully saturated rings. The summed E-state index contributed by atoms with van der Waals surface area (Å²) in [6, 6.07) is 8.36. The number of hydrogen-bond acceptors (Lipinski definition) is 2. The molecule has 1 unspecified atom stereocenters. The fraction of sp³-hybridized carbons (Fsp3) is 0.462. The molecule has 2 heterocycles. The van der Waals surface area contributed by atoms with Crippen molar-refractivity contribution in [3.05, 3.63) is 30.1 Å². The molecule has 1 atom stereocenters. The van der Waals surface area contributed by atoms with Crippen molar-refractivity contribution < 1.29 is 0 Å². The second kappa shape index (κ2) is 5.07. The maximum atomic E-state index is 4.76. The van der Waals surface area contributed by atoms with Crippen molar-refractivity contribution in [3.63, 3.8) is 0 Å². The lowest BCUT2D eigenvalue weighted by Gasteiger charge is -2.22. The van der Waals surface area contributed by atoms with Gasteiger partial charge in [-0.1, -0.05) is 12.1 Å². The van der Waals surface area contributed by atoms with E-state index < -0.39 is 0 Å². The van der Waals surface area contributed by atoms with Gasteiger partial charge in [-0.2, -0.15) is 0 Å². The molecule has 92 valence electrons. The van der Waals surface area contributed by atoms with E-state index in [1.165, 1.54) is 24.2 Å². The standard InChI is InChI=1S/C13H17N3.ClH/c1-16-12-7-3-2-6-11(12)15-13(16)10-5-4-8-14-9-10;/h2-3,6-7,10,14H,4-5,8-9H2,1H3;1H. The topological polar surface area (TPSA) is 29.9 Å². The van der Waals surface area contributed by atoms with Gasteiger partial charge in [-0.15, -0.1) is 12.4 Å². The van der Waals surface area contributed by atoms with Crippen molar-refractivity contribution in [1.29, 1.82) is 0 Å². The molecule has 0 aliphatic carbocycles. The van der Waals surface area contributed by atoms with Crippen LogP contribution in [0, 0.1) is 0 Å². The molecule has 3 rings (SSSR count). The minimum atomic E-state index is 0. The predicted molar refractivity (Wildman–Crippen MR) is 72.8 cm³/mol. The minimum absolute atomic E-state index is 0. The second-order valence-electron chi connectivity index (χ2n) is 4.56. The maximum absolute atomic E-state index is 4.76. The van der Waals surface area contributed by atoms with E-state index in [9.17, 15) is 0 Å². The highest BCUT2D eigenvalue weighted by atomic mass is 35.5. The van der Waals surface area contributed by atoms with Crippen LogP contribution in [0.5, 0.6) is 0 Å². The van der Waals surface area contributed by atoms with Crippen molar-refractivity contribution in [2.45, 2.75) is 18.8 Å². The third kappa shape index (κ3) is 2.17. The number of imidazole rings is 1. The quantitative estimate of drug-likeness (QED) is 0.844. The highest BCUT2D eigenvalue weighted by Gasteiger charge is 2.20. The van der Waals surface area contributed by atoms with Crippen LogP contribution in [0.25, 0.3) is 11.0 Å². The lowest BCUT2D eigenvalue weighted by atomic mass is 9.99. The van der Waals surface area contributed by atoms with E-state index >= 15 is 0 Å². The van der Waals surface area contributed by atoms with Gasteiger partial charge in [0.05, 0.1) is 11.0 Å². The number of aromatic nitrogens is 2. The summed E-state index contributed by atoms with van der Waals surface area (Å²) < 4.78 is 2.24. The summed E-state index contributed by atoms with van der Waals surface area (Å²) in [4.78, 5) is 4.76. The summed E-state index contributed by atoms with van der Waals surface area (Å²) in [5.41, 5.74) is 2.36. The average molecular weight is 252 g/mol. The number of benzene rings is 1. The average Bonchev–Trinajstić information content (AvgIpc) is 2.69. The van der Waals surface area contributed by atoms with Crippen LogP contribution in [0.2, 0.25) is 0 Å². The Kier molecular flexibility index (Phi) is 3.69. The van der Waals surface area contributed by atoms with Gasteiger partial charge in [0.1, 0.15) is 5.82 Å². The molecule has 1 N–H and O–H groups in total. The van der Waals surface area contributed by atoms with Crippen LogP contribution in [-0.2, 0) is 7.05 Å². The van der Waals surface area contributed by atoms with Crippen LogP contribution in [0.4, 0.5) is 0 Å². The summed E-state index contributed by atoms with van der Waals surface area (Å²) in [6.07, 6.45) is 2.51. The molecule has 3 nitrogen and oxygen atoms in total. The van der Waals surface area contributed by atoms with Crippen LogP contribution >= 0.6 is 12.4 Å². The normalized spacial score (nSPS) is 20.2. The van der Waals surface area contributed by atoms with Crippen molar-refractivity contribution in [3.8, 4) is 0 Å². The molecule has 4 heteroatoms. The molecule has 1 aromatic heterocycles. The molecule has 0 bridgehead atoms. The van der Waals surface area contributed by atoms with Gasteiger partial charge in [0.25, 0.3) is 0 Å². The summed E-state index contributed by atoms with van der Waals surface area (Å²) in [6.45, 7) is 2.22. The van der Waals surface area contributed by atoms with Gasteiger partial charge in [-0.05, 0) is 31.5 Å². The summed E-state index contributed by atoms with van der Waals surface area (Å²) in [5.74, 6) is 1.81. The lowest BCUT2D eigenvalue weighted by Crippen LogP contribution is -2.29. The zero-order valence-electron chi connectivity index (χ0n) is 10.0. The van der Waals surface area contributed by atoms with E-state index in [4.69, 9.17) is 4.98 Å². The van der Waals surface area contributed by atoms with E-state index in [0.717, 1.165) is 18.6 Å². The van der Waals surface area contributed by atoms with Crippen molar-refractivity contribution >= 4 is 23.4 Å². The van der Waals surface area contributed by atoms with E-state index in [1.54, 1.807) is 0 Å². The smallest absolute Gasteiger partial charge is 0.114 e. The molecule has 0 radical (unpaired) electrons. The van der Waals surface area contributed by atoms with Gasteiger partial charge in [0.15, 0.2) is 0 Å². The van der Waals surface area contributed by atoms with Gasteiger partial charge in [0.2, 0.25) is 0 Å². The number of para-hydroxylation sites is 2. The molecule has 17 heavy (non-hydrogen) atoms. The highest BCUT2D eigenvalue weighted by Crippen LogP contribution is 2.25. The first-order chi connectivity index (χ1) is 7.86. The highest BCUT2D eigenvalue weighted by molar-refractivity contribution is 5.85. The first kappa shape index (κ1) is 12.4. The molecule has 0 spiro atoms. The molecule has 1 aliphatic heterocycles. The van der Waals surface area contributed by atoms with E-state index in [-0.39, 0.29) is 12.4 Å². The van der Waals surface area contributed by atoms with Crippen LogP contribution < -0.4 is 5.32 Å². The molecule has 1 aromatic carbocycles. The fourth-order valence-electron chi connectivity index (χ4n) is 2.60. The Balaban J connectivity index is 0.00000108. The van der Waals surface area contributed by atoms with Gasteiger partial charge < -0.3 is 9.88 Å². The Morgan fingerprint density at radius 1 is 1.35 bits per heavy atom. The number of halogens is 1. The summed E-state index contributed by atoms with van der Waals surface area (Å²) in [5, 5.41) is 3.45. The number of piperidine rings is 1. The number of fused-ring (bicyclic) bond motifs is 1. The number of aryl methyl sites for hydroxylation is 1. The summed E-state index contributed by atoms with van der Waals surface area (Å²) in [7, 11) is 2.12. The van der Waals surface area contributed by atoms with Crippen LogP contribution in [0.3, 0.4) is 0 Å². The minimum Gasteiger partial charge on any atom is -0.331 e. The number of rotatable bonds is 1. The molecule has 1 saturated heterocycles. The largest absolute Gasteiger partial charge is 0.331 e. The molecule has 2 aromatic rings. The molecule has 0 amide bonds. The number of hydrogen-bond donors (Lipinski definition) is 1. The Hall–Kier alpha value is -1.06. The third-order valence-electron chi connectivity index (χ3n) is 3.48. The Morgan fingerprint density at radius 3 is 2.88 bits per heavy atom. The van der Waals surface area contributed by atoms with E-state index in [0.29, 0.717) is 5.92 Å². The van der Waals surface area contributed by atoms with Gasteiger partial charge in [-0.3, -0.25) is 0 Å². The zero-order valence-corrected chi connectivity index (χ0v) is 10.8. The Morgan fingerprint density at radius 2 is 2.18 bits per heavy atom. The van der Waals surface area contributed by atoms with Crippen LogP contribution in [-0.4, -0.2) is 22.6 Å². The van der Waals surface area contributed by atoms with Crippen molar-refractivity contribution in [2.24, 2.45) is 7.05 Å². The SMILES string of the molecule is Cl.Cn1c(C2CCCNC2)nc2ccccc21. The Labute approximate surface area is 108 Å². The lowest BCUT2D eigenvalue weighted by molar-refractivity contribution is 0.440. The first-order valence-electron chi connectivity index (χ1n) is 5.98. The molecular weight excluding hydrogens is 234 g/mol. The number of nitrogens with one attached hydrogen (secondary N) is 1. The maximum Gasteiger partial charge on any atom is 0.114 e. The van der Waals surface area contributed by atoms with E-state index in [2.05, 4.69) is 41.2 Å². The van der Waals surface area contributed by atoms with Crippen LogP contribution in [0.15, 0.2) is 24.3 Å². The monoisotopic (exact) mass is 251 g/mol. The number of nitrogens with zero attached hydrogens (tertiary/aromatic N) is 2. The molecule has 1 aliphatic rings. The molecular formula is C13H18ClN3.